The zero-order valence-electron chi connectivity index (χ0n) is 11.5. The topological polar surface area (TPSA) is 29.1 Å². The summed E-state index contributed by atoms with van der Waals surface area (Å²) in [4.78, 5) is 11.6. The lowest BCUT2D eigenvalue weighted by Crippen LogP contribution is -2.32. The van der Waals surface area contributed by atoms with Crippen molar-refractivity contribution < 1.29 is 6.22 Å². The zero-order valence-corrected chi connectivity index (χ0v) is 11.5. The summed E-state index contributed by atoms with van der Waals surface area (Å²) in [5.41, 5.74) is 0. The summed E-state index contributed by atoms with van der Waals surface area (Å²) < 4.78 is 0. The van der Waals surface area contributed by atoms with Crippen molar-refractivity contribution in [1.29, 1.82) is 0 Å². The van der Waals surface area contributed by atoms with Gasteiger partial charge < -0.3 is 5.32 Å². The van der Waals surface area contributed by atoms with Gasteiger partial charge in [0.05, 0.1) is 0 Å². The molecule has 1 amide bonds. The van der Waals surface area contributed by atoms with E-state index in [1.807, 2.05) is 0 Å². The largest absolute Gasteiger partial charge is 0.354 e. The number of amides is 1. The van der Waals surface area contributed by atoms with Crippen LogP contribution in [0.2, 0.25) is 0 Å². The van der Waals surface area contributed by atoms with Gasteiger partial charge in [0.1, 0.15) is 0 Å². The molecule has 0 spiro atoms. The SMILES string of the molecule is CCCC(CC)CCC(=O)NC(C)CCC.[HH]. The molecule has 1 N–H and O–H groups in total. The molecule has 16 heavy (non-hydrogen) atoms. The van der Waals surface area contributed by atoms with E-state index in [0.717, 1.165) is 25.2 Å². The van der Waals surface area contributed by atoms with Gasteiger partial charge in [0.2, 0.25) is 5.91 Å². The van der Waals surface area contributed by atoms with Gasteiger partial charge in [-0.15, -0.1) is 0 Å². The minimum absolute atomic E-state index is 0. The Balaban J connectivity index is 0. The van der Waals surface area contributed by atoms with Gasteiger partial charge in [0.15, 0.2) is 0 Å². The third-order valence-corrected chi connectivity index (χ3v) is 3.18. The maximum atomic E-state index is 11.6. The van der Waals surface area contributed by atoms with E-state index in [1.165, 1.54) is 19.3 Å². The molecule has 0 aromatic rings. The van der Waals surface area contributed by atoms with Gasteiger partial charge >= 0.3 is 0 Å². The summed E-state index contributed by atoms with van der Waals surface area (Å²) in [6.45, 7) is 8.67. The summed E-state index contributed by atoms with van der Waals surface area (Å²) in [7, 11) is 0. The summed E-state index contributed by atoms with van der Waals surface area (Å²) >= 11 is 0. The number of carbonyl (C=O) groups is 1. The zero-order chi connectivity index (χ0) is 12.4. The van der Waals surface area contributed by atoms with Crippen molar-refractivity contribution in [3.05, 3.63) is 0 Å². The Morgan fingerprint density at radius 1 is 1.12 bits per heavy atom. The molecule has 0 aromatic carbocycles. The average molecular weight is 229 g/mol. The van der Waals surface area contributed by atoms with Crippen LogP contribution in [0.3, 0.4) is 0 Å². The number of nitrogens with one attached hydrogen (secondary N) is 1. The Morgan fingerprint density at radius 3 is 2.25 bits per heavy atom. The summed E-state index contributed by atoms with van der Waals surface area (Å²) in [5.74, 6) is 0.965. The molecule has 0 aliphatic carbocycles. The minimum atomic E-state index is 0. The van der Waals surface area contributed by atoms with Crippen LogP contribution >= 0.6 is 0 Å². The van der Waals surface area contributed by atoms with E-state index < -0.39 is 0 Å². The Labute approximate surface area is 103 Å². The second-order valence-corrected chi connectivity index (χ2v) is 4.86. The first-order valence-electron chi connectivity index (χ1n) is 6.93. The quantitative estimate of drug-likeness (QED) is 0.632. The molecule has 0 aromatic heterocycles. The van der Waals surface area contributed by atoms with Crippen molar-refractivity contribution in [1.82, 2.24) is 5.32 Å². The molecule has 2 atom stereocenters. The van der Waals surface area contributed by atoms with Crippen LogP contribution in [0.1, 0.15) is 74.1 Å². The smallest absolute Gasteiger partial charge is 0.220 e. The molecule has 0 radical (unpaired) electrons. The maximum absolute atomic E-state index is 11.6. The lowest BCUT2D eigenvalue weighted by Gasteiger charge is -2.15. The molecule has 0 saturated carbocycles. The highest BCUT2D eigenvalue weighted by Gasteiger charge is 2.10. The molecule has 0 fully saturated rings. The third-order valence-electron chi connectivity index (χ3n) is 3.18. The molecule has 0 aliphatic heterocycles. The Morgan fingerprint density at radius 2 is 1.75 bits per heavy atom. The van der Waals surface area contributed by atoms with Crippen LogP contribution < -0.4 is 5.32 Å². The van der Waals surface area contributed by atoms with E-state index in [0.29, 0.717) is 12.5 Å². The van der Waals surface area contributed by atoms with Gasteiger partial charge in [-0.2, -0.15) is 0 Å². The second-order valence-electron chi connectivity index (χ2n) is 4.86. The number of carbonyl (C=O) groups excluding carboxylic acids is 1. The van der Waals surface area contributed by atoms with E-state index in [1.54, 1.807) is 0 Å². The molecule has 0 saturated heterocycles. The van der Waals surface area contributed by atoms with Gasteiger partial charge in [0, 0.05) is 13.9 Å². The highest BCUT2D eigenvalue weighted by Crippen LogP contribution is 2.16. The molecule has 2 heteroatoms. The molecule has 0 heterocycles. The summed E-state index contributed by atoms with van der Waals surface area (Å²) in [6.07, 6.45) is 7.65. The molecular formula is C14H31NO. The first kappa shape index (κ1) is 15.5. The highest BCUT2D eigenvalue weighted by molar-refractivity contribution is 5.76. The van der Waals surface area contributed by atoms with Gasteiger partial charge in [0.25, 0.3) is 0 Å². The molecule has 98 valence electrons. The van der Waals surface area contributed by atoms with E-state index in [-0.39, 0.29) is 7.33 Å². The van der Waals surface area contributed by atoms with Crippen molar-refractivity contribution in [2.24, 2.45) is 5.92 Å². The van der Waals surface area contributed by atoms with Crippen LogP contribution in [0, 0.1) is 5.92 Å². The van der Waals surface area contributed by atoms with Crippen LogP contribution in [-0.2, 0) is 4.79 Å². The Kier molecular flexibility index (Phi) is 9.36. The lowest BCUT2D eigenvalue weighted by molar-refractivity contribution is -0.122. The van der Waals surface area contributed by atoms with E-state index in [4.69, 9.17) is 0 Å². The molecule has 0 rings (SSSR count). The molecular weight excluding hydrogens is 198 g/mol. The van der Waals surface area contributed by atoms with Crippen LogP contribution in [0.25, 0.3) is 0 Å². The van der Waals surface area contributed by atoms with E-state index in [2.05, 4.69) is 33.0 Å². The van der Waals surface area contributed by atoms with Crippen LogP contribution in [0.4, 0.5) is 0 Å². The molecule has 2 nitrogen and oxygen atoms in total. The van der Waals surface area contributed by atoms with E-state index >= 15 is 0 Å². The summed E-state index contributed by atoms with van der Waals surface area (Å²) in [5, 5.41) is 3.06. The van der Waals surface area contributed by atoms with Crippen LogP contribution in [0.5, 0.6) is 0 Å². The third kappa shape index (κ3) is 7.72. The van der Waals surface area contributed by atoms with Crippen molar-refractivity contribution in [3.8, 4) is 0 Å². The Hall–Kier alpha value is -0.530. The fourth-order valence-electron chi connectivity index (χ4n) is 2.15. The predicted octanol–water partition coefficient (Wildman–Crippen LogP) is 4.14. The monoisotopic (exact) mass is 229 g/mol. The molecule has 0 bridgehead atoms. The lowest BCUT2D eigenvalue weighted by atomic mass is 9.95. The van der Waals surface area contributed by atoms with Crippen molar-refractivity contribution in [2.75, 3.05) is 0 Å². The number of rotatable bonds is 9. The van der Waals surface area contributed by atoms with Crippen molar-refractivity contribution in [3.63, 3.8) is 0 Å². The van der Waals surface area contributed by atoms with Crippen molar-refractivity contribution >= 4 is 5.91 Å². The Bertz CT molecular complexity index is 185. The van der Waals surface area contributed by atoms with Gasteiger partial charge in [-0.1, -0.05) is 46.5 Å². The van der Waals surface area contributed by atoms with Gasteiger partial charge in [-0.05, 0) is 25.7 Å². The van der Waals surface area contributed by atoms with Crippen LogP contribution in [0.15, 0.2) is 0 Å². The maximum Gasteiger partial charge on any atom is 0.220 e. The van der Waals surface area contributed by atoms with Gasteiger partial charge in [-0.3, -0.25) is 4.79 Å². The molecule has 0 aliphatic rings. The number of hydrogen-bond donors (Lipinski definition) is 1. The first-order chi connectivity index (χ1) is 7.63. The van der Waals surface area contributed by atoms with Gasteiger partial charge in [-0.25, -0.2) is 0 Å². The second kappa shape index (κ2) is 9.68. The van der Waals surface area contributed by atoms with Crippen molar-refractivity contribution in [2.45, 2.75) is 78.7 Å². The molecule has 2 unspecified atom stereocenters. The van der Waals surface area contributed by atoms with E-state index in [9.17, 15) is 4.79 Å². The fraction of sp³-hybridized carbons (Fsp3) is 0.929. The predicted molar refractivity (Wildman–Crippen MR) is 72.5 cm³/mol. The highest BCUT2D eigenvalue weighted by atomic mass is 16.1. The minimum Gasteiger partial charge on any atom is -0.354 e. The summed E-state index contributed by atoms with van der Waals surface area (Å²) in [6, 6.07) is 0.337. The standard InChI is InChI=1S/C14H29NO.H2/c1-5-8-12(4)15-14(16)11-10-13(7-3)9-6-2;/h12-13H,5-11H2,1-4H3,(H,15,16);1H. The fourth-order valence-corrected chi connectivity index (χ4v) is 2.15. The average Bonchev–Trinajstić information content (AvgIpc) is 2.24. The number of hydrogen-bond acceptors (Lipinski definition) is 1. The van der Waals surface area contributed by atoms with Crippen LogP contribution in [-0.4, -0.2) is 11.9 Å². The first-order valence-corrected chi connectivity index (χ1v) is 6.93. The normalized spacial score (nSPS) is 14.5.